The number of hydrogen-bond acceptors (Lipinski definition) is 5. The summed E-state index contributed by atoms with van der Waals surface area (Å²) in [6.45, 7) is -0.253. The van der Waals surface area contributed by atoms with E-state index in [2.05, 4.69) is 14.4 Å². The average Bonchev–Trinajstić information content (AvgIpc) is 2.29. The van der Waals surface area contributed by atoms with Crippen molar-refractivity contribution in [3.63, 3.8) is 0 Å². The number of sulfonamides is 2. The third-order valence-electron chi connectivity index (χ3n) is 1.99. The SMILES string of the molecule is CNS(=O)(=O)CCNS(=O)(=O)c1cccnc1Cl. The van der Waals surface area contributed by atoms with Crippen LogP contribution in [0.25, 0.3) is 0 Å². The molecule has 0 aromatic carbocycles. The zero-order valence-electron chi connectivity index (χ0n) is 9.42. The molecule has 0 aliphatic rings. The van der Waals surface area contributed by atoms with Gasteiger partial charge in [-0.25, -0.2) is 31.3 Å². The topological polar surface area (TPSA) is 105 Å². The molecule has 1 rings (SSSR count). The average molecular weight is 314 g/mol. The van der Waals surface area contributed by atoms with Gasteiger partial charge in [-0.05, 0) is 19.2 Å². The number of hydrogen-bond donors (Lipinski definition) is 2. The molecular weight excluding hydrogens is 302 g/mol. The van der Waals surface area contributed by atoms with Crippen LogP contribution in [0.15, 0.2) is 23.2 Å². The number of rotatable bonds is 6. The number of nitrogens with zero attached hydrogens (tertiary/aromatic N) is 1. The monoisotopic (exact) mass is 313 g/mol. The second-order valence-electron chi connectivity index (χ2n) is 3.21. The summed E-state index contributed by atoms with van der Waals surface area (Å²) in [6.07, 6.45) is 1.35. The fourth-order valence-corrected chi connectivity index (χ4v) is 3.25. The fraction of sp³-hybridized carbons (Fsp3) is 0.375. The largest absolute Gasteiger partial charge is 0.243 e. The van der Waals surface area contributed by atoms with Crippen molar-refractivity contribution < 1.29 is 16.8 Å². The summed E-state index contributed by atoms with van der Waals surface area (Å²) >= 11 is 5.64. The number of halogens is 1. The summed E-state index contributed by atoms with van der Waals surface area (Å²) < 4.78 is 50.0. The second kappa shape index (κ2) is 5.93. The molecule has 0 spiro atoms. The van der Waals surface area contributed by atoms with Crippen molar-refractivity contribution in [2.45, 2.75) is 4.90 Å². The molecule has 1 heterocycles. The Labute approximate surface area is 111 Å². The molecule has 0 unspecified atom stereocenters. The molecule has 0 fully saturated rings. The molecule has 0 radical (unpaired) electrons. The first-order chi connectivity index (χ1) is 8.28. The van der Waals surface area contributed by atoms with Gasteiger partial charge in [-0.3, -0.25) is 0 Å². The third kappa shape index (κ3) is 4.18. The predicted molar refractivity (Wildman–Crippen MR) is 67.3 cm³/mol. The van der Waals surface area contributed by atoms with E-state index in [0.717, 1.165) is 0 Å². The standard InChI is InChI=1S/C8H12ClN3O4S2/c1-10-17(13,14)6-5-12-18(15,16)7-3-2-4-11-8(7)9/h2-4,10,12H,5-6H2,1H3. The first-order valence-electron chi connectivity index (χ1n) is 4.80. The molecule has 0 bridgehead atoms. The van der Waals surface area contributed by atoms with Crippen LogP contribution in [-0.4, -0.2) is 41.2 Å². The smallest absolute Gasteiger partial charge is 0.243 e. The minimum atomic E-state index is -3.86. The van der Waals surface area contributed by atoms with Crippen molar-refractivity contribution in [3.8, 4) is 0 Å². The van der Waals surface area contributed by atoms with Crippen molar-refractivity contribution in [3.05, 3.63) is 23.5 Å². The van der Waals surface area contributed by atoms with E-state index in [1.807, 2.05) is 0 Å². The maximum absolute atomic E-state index is 11.8. The van der Waals surface area contributed by atoms with Crippen LogP contribution in [0.2, 0.25) is 5.15 Å². The number of aromatic nitrogens is 1. The zero-order valence-corrected chi connectivity index (χ0v) is 11.8. The molecule has 1 aromatic heterocycles. The van der Waals surface area contributed by atoms with E-state index in [0.29, 0.717) is 0 Å². The van der Waals surface area contributed by atoms with Crippen LogP contribution in [-0.2, 0) is 20.0 Å². The Morgan fingerprint density at radius 3 is 2.56 bits per heavy atom. The minimum absolute atomic E-state index is 0.165. The summed E-state index contributed by atoms with van der Waals surface area (Å²) in [5.41, 5.74) is 0. The summed E-state index contributed by atoms with van der Waals surface area (Å²) in [7, 11) is -6.07. The number of nitrogens with one attached hydrogen (secondary N) is 2. The van der Waals surface area contributed by atoms with Crippen molar-refractivity contribution in [2.75, 3.05) is 19.3 Å². The quantitative estimate of drug-likeness (QED) is 0.693. The van der Waals surface area contributed by atoms with E-state index in [1.165, 1.54) is 25.4 Å². The van der Waals surface area contributed by atoms with Crippen molar-refractivity contribution in [1.29, 1.82) is 0 Å². The third-order valence-corrected chi connectivity index (χ3v) is 5.26. The number of pyridine rings is 1. The fourth-order valence-electron chi connectivity index (χ4n) is 1.06. The lowest BCUT2D eigenvalue weighted by molar-refractivity contribution is 0.578. The van der Waals surface area contributed by atoms with Gasteiger partial charge in [0, 0.05) is 12.7 Å². The summed E-state index contributed by atoms with van der Waals surface area (Å²) in [5.74, 6) is -0.361. The van der Waals surface area contributed by atoms with Crippen LogP contribution in [0, 0.1) is 0 Å². The molecule has 0 aliphatic heterocycles. The first kappa shape index (κ1) is 15.3. The highest BCUT2D eigenvalue weighted by molar-refractivity contribution is 7.90. The van der Waals surface area contributed by atoms with Crippen molar-refractivity contribution in [2.24, 2.45) is 0 Å². The highest BCUT2D eigenvalue weighted by atomic mass is 35.5. The van der Waals surface area contributed by atoms with Gasteiger partial charge >= 0.3 is 0 Å². The second-order valence-corrected chi connectivity index (χ2v) is 7.35. The molecule has 0 aliphatic carbocycles. The van der Waals surface area contributed by atoms with Crippen LogP contribution in [0.1, 0.15) is 0 Å². The van der Waals surface area contributed by atoms with Crippen LogP contribution in [0.5, 0.6) is 0 Å². The lowest BCUT2D eigenvalue weighted by atomic mass is 10.5. The van der Waals surface area contributed by atoms with E-state index in [1.54, 1.807) is 0 Å². The first-order valence-corrected chi connectivity index (χ1v) is 8.31. The predicted octanol–water partition coefficient (Wildman–Crippen LogP) is -0.437. The van der Waals surface area contributed by atoms with Crippen LogP contribution in [0.3, 0.4) is 0 Å². The molecule has 1 aromatic rings. The normalized spacial score (nSPS) is 12.6. The van der Waals surface area contributed by atoms with Gasteiger partial charge in [0.2, 0.25) is 20.0 Å². The summed E-state index contributed by atoms with van der Waals surface area (Å²) in [5, 5.41) is -0.165. The Hall–Kier alpha value is -0.740. The minimum Gasteiger partial charge on any atom is -0.243 e. The highest BCUT2D eigenvalue weighted by Gasteiger charge is 2.18. The van der Waals surface area contributed by atoms with E-state index in [-0.39, 0.29) is 22.3 Å². The van der Waals surface area contributed by atoms with Crippen LogP contribution >= 0.6 is 11.6 Å². The Bertz CT molecular complexity index is 615. The van der Waals surface area contributed by atoms with Gasteiger partial charge in [0.25, 0.3) is 0 Å². The maximum atomic E-state index is 11.8. The lowest BCUT2D eigenvalue weighted by Gasteiger charge is -2.07. The van der Waals surface area contributed by atoms with Gasteiger partial charge in [0.15, 0.2) is 0 Å². The van der Waals surface area contributed by atoms with Gasteiger partial charge in [-0.15, -0.1) is 0 Å². The Morgan fingerprint density at radius 2 is 2.00 bits per heavy atom. The zero-order chi connectivity index (χ0) is 13.8. The molecule has 7 nitrogen and oxygen atoms in total. The molecule has 0 saturated heterocycles. The van der Waals surface area contributed by atoms with Gasteiger partial charge in [-0.2, -0.15) is 0 Å². The molecule has 18 heavy (non-hydrogen) atoms. The molecule has 2 N–H and O–H groups in total. The van der Waals surface area contributed by atoms with Crippen molar-refractivity contribution >= 4 is 31.6 Å². The highest BCUT2D eigenvalue weighted by Crippen LogP contribution is 2.17. The summed E-state index contributed by atoms with van der Waals surface area (Å²) in [4.78, 5) is 3.45. The van der Waals surface area contributed by atoms with E-state index < -0.39 is 20.0 Å². The van der Waals surface area contributed by atoms with Gasteiger partial charge in [0.05, 0.1) is 5.75 Å². The van der Waals surface area contributed by atoms with E-state index >= 15 is 0 Å². The van der Waals surface area contributed by atoms with Gasteiger partial charge in [-0.1, -0.05) is 11.6 Å². The van der Waals surface area contributed by atoms with E-state index in [4.69, 9.17) is 11.6 Å². The Morgan fingerprint density at radius 1 is 1.33 bits per heavy atom. The maximum Gasteiger partial charge on any atom is 0.243 e. The van der Waals surface area contributed by atoms with Crippen LogP contribution in [0.4, 0.5) is 0 Å². The van der Waals surface area contributed by atoms with Gasteiger partial charge in [0.1, 0.15) is 10.0 Å². The van der Waals surface area contributed by atoms with Crippen LogP contribution < -0.4 is 9.44 Å². The van der Waals surface area contributed by atoms with Gasteiger partial charge < -0.3 is 0 Å². The molecule has 0 amide bonds. The summed E-state index contributed by atoms with van der Waals surface area (Å²) in [6, 6.07) is 2.70. The van der Waals surface area contributed by atoms with E-state index in [9.17, 15) is 16.8 Å². The molecule has 10 heteroatoms. The lowest BCUT2D eigenvalue weighted by Crippen LogP contribution is -2.33. The molecule has 0 atom stereocenters. The molecule has 0 saturated carbocycles. The van der Waals surface area contributed by atoms with Crippen molar-refractivity contribution in [1.82, 2.24) is 14.4 Å². The molecular formula is C8H12ClN3O4S2. The molecule has 102 valence electrons. The Kier molecular flexibility index (Phi) is 5.05. The Balaban J connectivity index is 2.76.